The quantitative estimate of drug-likeness (QED) is 0.391. The van der Waals surface area contributed by atoms with E-state index in [0.29, 0.717) is 0 Å². The first-order chi connectivity index (χ1) is 12.8. The summed E-state index contributed by atoms with van der Waals surface area (Å²) in [6.45, 7) is 4.36. The Kier molecular flexibility index (Phi) is 4.45. The summed E-state index contributed by atoms with van der Waals surface area (Å²) in [7, 11) is 0. The zero-order chi connectivity index (χ0) is 17.9. The molecule has 0 radical (unpaired) electrons. The second-order valence-corrected chi connectivity index (χ2v) is 6.66. The Morgan fingerprint density at radius 3 is 1.85 bits per heavy atom. The second kappa shape index (κ2) is 7.05. The van der Waals surface area contributed by atoms with Crippen LogP contribution in [0.1, 0.15) is 18.1 Å². The minimum Gasteiger partial charge on any atom is -0.309 e. The molecule has 0 aliphatic rings. The van der Waals surface area contributed by atoms with Crippen LogP contribution < -0.4 is 0 Å². The van der Waals surface area contributed by atoms with Gasteiger partial charge in [-0.05, 0) is 48.2 Å². The van der Waals surface area contributed by atoms with Crippen LogP contribution in [0.15, 0.2) is 91.0 Å². The molecule has 1 heteroatoms. The monoisotopic (exact) mass is 337 g/mol. The minimum atomic E-state index is 1.00. The van der Waals surface area contributed by atoms with Crippen molar-refractivity contribution >= 4 is 0 Å². The average molecular weight is 337 g/mol. The van der Waals surface area contributed by atoms with Crippen LogP contribution in [0.2, 0.25) is 0 Å². The van der Waals surface area contributed by atoms with Crippen LogP contribution in [-0.4, -0.2) is 4.57 Å². The third kappa shape index (κ3) is 2.97. The van der Waals surface area contributed by atoms with Crippen molar-refractivity contribution in [2.45, 2.75) is 20.3 Å². The summed E-state index contributed by atoms with van der Waals surface area (Å²) in [6, 6.07) is 32.5. The van der Waals surface area contributed by atoms with Crippen molar-refractivity contribution in [2.75, 3.05) is 0 Å². The molecule has 1 heterocycles. The maximum atomic E-state index is 2.41. The van der Waals surface area contributed by atoms with Crippen molar-refractivity contribution in [3.05, 3.63) is 102 Å². The van der Waals surface area contributed by atoms with Gasteiger partial charge in [-0.3, -0.25) is 0 Å². The van der Waals surface area contributed by atoms with Crippen LogP contribution in [-0.2, 0) is 6.42 Å². The van der Waals surface area contributed by atoms with Crippen molar-refractivity contribution in [1.29, 1.82) is 0 Å². The Labute approximate surface area is 155 Å². The molecule has 0 spiro atoms. The molecule has 0 amide bonds. The minimum absolute atomic E-state index is 1.00. The molecule has 3 aromatic carbocycles. The van der Waals surface area contributed by atoms with E-state index < -0.39 is 0 Å². The fourth-order valence-electron chi connectivity index (χ4n) is 3.53. The third-order valence-corrected chi connectivity index (χ3v) is 4.87. The number of aryl methyl sites for hydroxylation is 2. The van der Waals surface area contributed by atoms with Crippen molar-refractivity contribution in [2.24, 2.45) is 0 Å². The van der Waals surface area contributed by atoms with Crippen molar-refractivity contribution < 1.29 is 0 Å². The molecule has 4 rings (SSSR count). The van der Waals surface area contributed by atoms with E-state index in [-0.39, 0.29) is 0 Å². The number of hydrogen-bond acceptors (Lipinski definition) is 0. The summed E-state index contributed by atoms with van der Waals surface area (Å²) in [5, 5.41) is 0. The first-order valence-corrected chi connectivity index (χ1v) is 9.20. The lowest BCUT2D eigenvalue weighted by atomic mass is 10.1. The third-order valence-electron chi connectivity index (χ3n) is 4.87. The van der Waals surface area contributed by atoms with Crippen molar-refractivity contribution in [3.63, 3.8) is 0 Å². The first kappa shape index (κ1) is 16.4. The molecular formula is C25H23N. The predicted molar refractivity (Wildman–Crippen MR) is 111 cm³/mol. The average Bonchev–Trinajstić information content (AvgIpc) is 3.09. The van der Waals surface area contributed by atoms with E-state index in [1.165, 1.54) is 39.3 Å². The van der Waals surface area contributed by atoms with E-state index in [2.05, 4.69) is 109 Å². The van der Waals surface area contributed by atoms with Gasteiger partial charge in [-0.1, -0.05) is 85.3 Å². The van der Waals surface area contributed by atoms with Gasteiger partial charge in [0.15, 0.2) is 0 Å². The van der Waals surface area contributed by atoms with Gasteiger partial charge in [0.1, 0.15) is 0 Å². The maximum absolute atomic E-state index is 2.41. The molecule has 4 aromatic rings. The summed E-state index contributed by atoms with van der Waals surface area (Å²) in [5.74, 6) is 0. The number of rotatable bonds is 4. The molecule has 1 nitrogen and oxygen atoms in total. The van der Waals surface area contributed by atoms with E-state index in [4.69, 9.17) is 0 Å². The SMILES string of the molecule is CCc1cc(-c2ccccc2)n(-c2ccc(C)cc2)c1-c1ccccc1. The Morgan fingerprint density at radius 1 is 0.692 bits per heavy atom. The Bertz CT molecular complexity index is 993. The van der Waals surface area contributed by atoms with Crippen LogP contribution in [0.3, 0.4) is 0 Å². The van der Waals surface area contributed by atoms with Gasteiger partial charge in [0.2, 0.25) is 0 Å². The molecular weight excluding hydrogens is 314 g/mol. The fraction of sp³-hybridized carbons (Fsp3) is 0.120. The molecule has 0 saturated carbocycles. The predicted octanol–water partition coefficient (Wildman–Crippen LogP) is 6.68. The molecule has 0 bridgehead atoms. The number of hydrogen-bond donors (Lipinski definition) is 0. The molecule has 0 aliphatic carbocycles. The first-order valence-electron chi connectivity index (χ1n) is 9.20. The fourth-order valence-corrected chi connectivity index (χ4v) is 3.53. The Balaban J connectivity index is 2.04. The summed E-state index contributed by atoms with van der Waals surface area (Å²) in [5.41, 5.74) is 8.88. The van der Waals surface area contributed by atoms with Crippen LogP contribution in [0.5, 0.6) is 0 Å². The van der Waals surface area contributed by atoms with Crippen LogP contribution in [0, 0.1) is 6.92 Å². The lowest BCUT2D eigenvalue weighted by molar-refractivity contribution is 1.07. The van der Waals surface area contributed by atoms with Gasteiger partial charge in [-0.15, -0.1) is 0 Å². The van der Waals surface area contributed by atoms with E-state index in [9.17, 15) is 0 Å². The Hall–Kier alpha value is -3.06. The largest absolute Gasteiger partial charge is 0.309 e. The summed E-state index contributed by atoms with van der Waals surface area (Å²) >= 11 is 0. The zero-order valence-electron chi connectivity index (χ0n) is 15.3. The van der Waals surface area contributed by atoms with Crippen LogP contribution >= 0.6 is 0 Å². The summed E-state index contributed by atoms with van der Waals surface area (Å²) < 4.78 is 2.41. The highest BCUT2D eigenvalue weighted by Gasteiger charge is 2.18. The van der Waals surface area contributed by atoms with Gasteiger partial charge in [-0.25, -0.2) is 0 Å². The standard InChI is InChI=1S/C25H23N/c1-3-20-18-24(21-10-6-4-7-11-21)26(23-16-14-19(2)15-17-23)25(20)22-12-8-5-9-13-22/h4-18H,3H2,1-2H3. The molecule has 0 fully saturated rings. The van der Waals surface area contributed by atoms with E-state index in [1.54, 1.807) is 0 Å². The van der Waals surface area contributed by atoms with Crippen LogP contribution in [0.4, 0.5) is 0 Å². The van der Waals surface area contributed by atoms with Gasteiger partial charge in [0.05, 0.1) is 11.4 Å². The summed E-state index contributed by atoms with van der Waals surface area (Å²) in [6.07, 6.45) is 1.00. The van der Waals surface area contributed by atoms with E-state index >= 15 is 0 Å². The van der Waals surface area contributed by atoms with E-state index in [1.807, 2.05) is 0 Å². The molecule has 0 N–H and O–H groups in total. The number of aromatic nitrogens is 1. The van der Waals surface area contributed by atoms with Crippen molar-refractivity contribution in [1.82, 2.24) is 4.57 Å². The molecule has 0 unspecified atom stereocenters. The highest BCUT2D eigenvalue weighted by molar-refractivity contribution is 5.76. The van der Waals surface area contributed by atoms with Gasteiger partial charge in [-0.2, -0.15) is 0 Å². The van der Waals surface area contributed by atoms with Gasteiger partial charge < -0.3 is 4.57 Å². The van der Waals surface area contributed by atoms with Gasteiger partial charge >= 0.3 is 0 Å². The van der Waals surface area contributed by atoms with Crippen molar-refractivity contribution in [3.8, 4) is 28.2 Å². The maximum Gasteiger partial charge on any atom is 0.0566 e. The molecule has 0 aliphatic heterocycles. The summed E-state index contributed by atoms with van der Waals surface area (Å²) in [4.78, 5) is 0. The normalized spacial score (nSPS) is 10.8. The molecule has 1 aromatic heterocycles. The van der Waals surface area contributed by atoms with Gasteiger partial charge in [0, 0.05) is 5.69 Å². The Morgan fingerprint density at radius 2 is 1.27 bits per heavy atom. The second-order valence-electron chi connectivity index (χ2n) is 6.66. The van der Waals surface area contributed by atoms with E-state index in [0.717, 1.165) is 6.42 Å². The molecule has 26 heavy (non-hydrogen) atoms. The lowest BCUT2D eigenvalue weighted by Gasteiger charge is -2.15. The van der Waals surface area contributed by atoms with Gasteiger partial charge in [0.25, 0.3) is 0 Å². The van der Waals surface area contributed by atoms with Crippen LogP contribution in [0.25, 0.3) is 28.2 Å². The molecule has 128 valence electrons. The smallest absolute Gasteiger partial charge is 0.0566 e. The molecule has 0 atom stereocenters. The molecule has 0 saturated heterocycles. The lowest BCUT2D eigenvalue weighted by Crippen LogP contribution is -2.00. The number of nitrogens with zero attached hydrogens (tertiary/aromatic N) is 1. The zero-order valence-corrected chi connectivity index (χ0v) is 15.3. The highest BCUT2D eigenvalue weighted by atomic mass is 15.0. The topological polar surface area (TPSA) is 4.93 Å². The number of benzene rings is 3. The highest BCUT2D eigenvalue weighted by Crippen LogP contribution is 2.36.